The third-order valence-corrected chi connectivity index (χ3v) is 1.48. The van der Waals surface area contributed by atoms with Crippen molar-refractivity contribution in [2.75, 3.05) is 0 Å². The van der Waals surface area contributed by atoms with E-state index >= 15 is 0 Å². The molecule has 9 heavy (non-hydrogen) atoms. The largest absolute Gasteiger partial charge is 0.388 e. The molecule has 54 valence electrons. The van der Waals surface area contributed by atoms with Crippen LogP contribution in [0.15, 0.2) is 12.3 Å². The van der Waals surface area contributed by atoms with E-state index in [1.165, 1.54) is 12.8 Å². The molecule has 0 aromatic heterocycles. The molecular formula is C8H17N. The minimum absolute atomic E-state index is 0.668. The molecule has 1 heteroatoms. The first kappa shape index (κ1) is 8.54. The summed E-state index contributed by atoms with van der Waals surface area (Å²) < 4.78 is 0. The van der Waals surface area contributed by atoms with E-state index in [2.05, 4.69) is 19.2 Å². The molecule has 0 saturated heterocycles. The maximum atomic E-state index is 3.29. The highest BCUT2D eigenvalue weighted by Crippen LogP contribution is 1.94. The molecule has 0 spiro atoms. The van der Waals surface area contributed by atoms with E-state index in [0.717, 1.165) is 0 Å². The van der Waals surface area contributed by atoms with Gasteiger partial charge in [0.2, 0.25) is 0 Å². The van der Waals surface area contributed by atoms with Gasteiger partial charge in [-0.1, -0.05) is 19.9 Å². The van der Waals surface area contributed by atoms with Crippen molar-refractivity contribution >= 4 is 0 Å². The van der Waals surface area contributed by atoms with Crippen LogP contribution in [0.1, 0.15) is 33.6 Å². The van der Waals surface area contributed by atoms with Gasteiger partial charge in [-0.25, -0.2) is 0 Å². The van der Waals surface area contributed by atoms with Gasteiger partial charge in [-0.15, -0.1) is 0 Å². The van der Waals surface area contributed by atoms with Crippen LogP contribution in [-0.4, -0.2) is 6.04 Å². The van der Waals surface area contributed by atoms with Crippen LogP contribution in [-0.2, 0) is 0 Å². The Hall–Kier alpha value is -0.460. The predicted octanol–water partition coefficient (Wildman–Crippen LogP) is 2.30. The van der Waals surface area contributed by atoms with Crippen molar-refractivity contribution in [1.29, 1.82) is 0 Å². The molecule has 0 amide bonds. The Bertz CT molecular complexity index is 72.6. The Kier molecular flexibility index (Phi) is 5.38. The van der Waals surface area contributed by atoms with Crippen molar-refractivity contribution in [1.82, 2.24) is 5.32 Å². The highest BCUT2D eigenvalue weighted by molar-refractivity contribution is 4.78. The van der Waals surface area contributed by atoms with Crippen LogP contribution >= 0.6 is 0 Å². The first-order valence-electron chi connectivity index (χ1n) is 3.72. The van der Waals surface area contributed by atoms with Crippen molar-refractivity contribution < 1.29 is 0 Å². The highest BCUT2D eigenvalue weighted by Gasteiger charge is 1.95. The molecule has 0 fully saturated rings. The van der Waals surface area contributed by atoms with Crippen molar-refractivity contribution in [2.24, 2.45) is 0 Å². The summed E-state index contributed by atoms with van der Waals surface area (Å²) in [6.45, 7) is 6.42. The summed E-state index contributed by atoms with van der Waals surface area (Å²) in [4.78, 5) is 0. The van der Waals surface area contributed by atoms with Crippen molar-refractivity contribution in [2.45, 2.75) is 39.7 Å². The van der Waals surface area contributed by atoms with Gasteiger partial charge < -0.3 is 5.32 Å². The van der Waals surface area contributed by atoms with Crippen molar-refractivity contribution in [3.05, 3.63) is 12.3 Å². The van der Waals surface area contributed by atoms with Gasteiger partial charge in [0.1, 0.15) is 0 Å². The van der Waals surface area contributed by atoms with Gasteiger partial charge in [-0.2, -0.15) is 0 Å². The minimum atomic E-state index is 0.668. The topological polar surface area (TPSA) is 12.0 Å². The van der Waals surface area contributed by atoms with Crippen molar-refractivity contribution in [3.63, 3.8) is 0 Å². The van der Waals surface area contributed by atoms with Crippen LogP contribution in [0.4, 0.5) is 0 Å². The maximum absolute atomic E-state index is 3.29. The molecule has 0 saturated carbocycles. The zero-order valence-electron chi connectivity index (χ0n) is 6.65. The van der Waals surface area contributed by atoms with Crippen LogP contribution < -0.4 is 5.32 Å². The van der Waals surface area contributed by atoms with Gasteiger partial charge in [0.05, 0.1) is 0 Å². The standard InChI is InChI=1S/C8H17N/c1-4-7-9-8(5-2)6-3/h4,7-9H,5-6H2,1-3H3/b7-4+. The molecule has 0 aliphatic carbocycles. The minimum Gasteiger partial charge on any atom is -0.388 e. The molecule has 0 aliphatic rings. The van der Waals surface area contributed by atoms with E-state index in [-0.39, 0.29) is 0 Å². The summed E-state index contributed by atoms with van der Waals surface area (Å²) in [5.74, 6) is 0. The Morgan fingerprint density at radius 2 is 1.89 bits per heavy atom. The lowest BCUT2D eigenvalue weighted by Crippen LogP contribution is -2.21. The number of allylic oxidation sites excluding steroid dienone is 1. The molecule has 0 unspecified atom stereocenters. The number of nitrogens with one attached hydrogen (secondary N) is 1. The first-order valence-corrected chi connectivity index (χ1v) is 3.72. The first-order chi connectivity index (χ1) is 4.35. The van der Waals surface area contributed by atoms with Gasteiger partial charge in [0.25, 0.3) is 0 Å². The molecule has 1 nitrogen and oxygen atoms in total. The maximum Gasteiger partial charge on any atom is 0.0250 e. The van der Waals surface area contributed by atoms with Crippen LogP contribution in [0.3, 0.4) is 0 Å². The second-order valence-corrected chi connectivity index (χ2v) is 2.18. The Morgan fingerprint density at radius 1 is 1.33 bits per heavy atom. The third kappa shape index (κ3) is 4.07. The zero-order valence-corrected chi connectivity index (χ0v) is 6.65. The fourth-order valence-corrected chi connectivity index (χ4v) is 0.757. The molecule has 0 heterocycles. The van der Waals surface area contributed by atoms with Gasteiger partial charge >= 0.3 is 0 Å². The van der Waals surface area contributed by atoms with Crippen LogP contribution in [0, 0.1) is 0 Å². The summed E-state index contributed by atoms with van der Waals surface area (Å²) in [5, 5.41) is 3.29. The van der Waals surface area contributed by atoms with E-state index < -0.39 is 0 Å². The summed E-state index contributed by atoms with van der Waals surface area (Å²) >= 11 is 0. The summed E-state index contributed by atoms with van der Waals surface area (Å²) in [7, 11) is 0. The van der Waals surface area contributed by atoms with Gasteiger partial charge in [-0.05, 0) is 26.0 Å². The lowest BCUT2D eigenvalue weighted by atomic mass is 10.2. The average Bonchev–Trinajstić information content (AvgIpc) is 1.91. The zero-order chi connectivity index (χ0) is 7.11. The smallest absolute Gasteiger partial charge is 0.0250 e. The van der Waals surface area contributed by atoms with Gasteiger partial charge in [-0.3, -0.25) is 0 Å². The van der Waals surface area contributed by atoms with Gasteiger partial charge in [0, 0.05) is 6.04 Å². The molecule has 0 aromatic carbocycles. The summed E-state index contributed by atoms with van der Waals surface area (Å²) in [5.41, 5.74) is 0. The quantitative estimate of drug-likeness (QED) is 0.611. The Labute approximate surface area is 58.2 Å². The average molecular weight is 127 g/mol. The van der Waals surface area contributed by atoms with E-state index in [9.17, 15) is 0 Å². The molecule has 0 bridgehead atoms. The molecule has 0 rings (SSSR count). The number of rotatable bonds is 4. The molecule has 0 aliphatic heterocycles. The molecular weight excluding hydrogens is 110 g/mol. The normalized spacial score (nSPS) is 11.1. The summed E-state index contributed by atoms with van der Waals surface area (Å²) in [6.07, 6.45) is 6.46. The molecule has 1 N–H and O–H groups in total. The number of hydrogen-bond donors (Lipinski definition) is 1. The lowest BCUT2D eigenvalue weighted by molar-refractivity contribution is 0.551. The summed E-state index contributed by atoms with van der Waals surface area (Å²) in [6, 6.07) is 0.668. The Morgan fingerprint density at radius 3 is 2.22 bits per heavy atom. The van der Waals surface area contributed by atoms with E-state index in [0.29, 0.717) is 6.04 Å². The highest BCUT2D eigenvalue weighted by atomic mass is 14.9. The monoisotopic (exact) mass is 127 g/mol. The van der Waals surface area contributed by atoms with Crippen LogP contribution in [0.25, 0.3) is 0 Å². The molecule has 0 atom stereocenters. The van der Waals surface area contributed by atoms with E-state index in [4.69, 9.17) is 0 Å². The third-order valence-electron chi connectivity index (χ3n) is 1.48. The number of hydrogen-bond acceptors (Lipinski definition) is 1. The Balaban J connectivity index is 3.31. The van der Waals surface area contributed by atoms with Gasteiger partial charge in [0.15, 0.2) is 0 Å². The fraction of sp³-hybridized carbons (Fsp3) is 0.750. The van der Waals surface area contributed by atoms with Crippen LogP contribution in [0.5, 0.6) is 0 Å². The molecule has 0 aromatic rings. The second kappa shape index (κ2) is 5.67. The molecule has 0 radical (unpaired) electrons. The predicted molar refractivity (Wildman–Crippen MR) is 42.3 cm³/mol. The van der Waals surface area contributed by atoms with Crippen LogP contribution in [0.2, 0.25) is 0 Å². The van der Waals surface area contributed by atoms with E-state index in [1.54, 1.807) is 0 Å². The lowest BCUT2D eigenvalue weighted by Gasteiger charge is -2.11. The fourth-order valence-electron chi connectivity index (χ4n) is 0.757. The van der Waals surface area contributed by atoms with E-state index in [1.807, 2.05) is 19.2 Å². The SMILES string of the molecule is C/C=C/NC(CC)CC. The van der Waals surface area contributed by atoms with Crippen molar-refractivity contribution in [3.8, 4) is 0 Å². The second-order valence-electron chi connectivity index (χ2n) is 2.18.